The number of benzene rings is 1. The van der Waals surface area contributed by atoms with Gasteiger partial charge in [-0.25, -0.2) is 0 Å². The standard InChI is InChI=1S/C12H19NOS/c1-8(4-5-13)10-7-11(14)9(2)6-12(10)15-3/h6-8,14H,4-5,13H2,1-3H3. The lowest BCUT2D eigenvalue weighted by Gasteiger charge is -2.16. The van der Waals surface area contributed by atoms with Gasteiger partial charge in [-0.05, 0) is 55.3 Å². The molecule has 0 aliphatic heterocycles. The molecule has 1 unspecified atom stereocenters. The van der Waals surface area contributed by atoms with Crippen LogP contribution in [0.25, 0.3) is 0 Å². The average molecular weight is 225 g/mol. The molecule has 0 saturated heterocycles. The van der Waals surface area contributed by atoms with Gasteiger partial charge in [-0.1, -0.05) is 6.92 Å². The molecule has 1 aromatic carbocycles. The third kappa shape index (κ3) is 2.89. The molecule has 3 heteroatoms. The Bertz CT molecular complexity index is 339. The molecule has 2 nitrogen and oxygen atoms in total. The number of nitrogens with two attached hydrogens (primary N) is 1. The van der Waals surface area contributed by atoms with Crippen LogP contribution in [-0.2, 0) is 0 Å². The number of aryl methyl sites for hydroxylation is 1. The Balaban J connectivity index is 3.09. The van der Waals surface area contributed by atoms with Gasteiger partial charge in [0.25, 0.3) is 0 Å². The molecule has 0 saturated carbocycles. The van der Waals surface area contributed by atoms with Crippen molar-refractivity contribution < 1.29 is 5.11 Å². The highest BCUT2D eigenvalue weighted by molar-refractivity contribution is 7.98. The fourth-order valence-corrected chi connectivity index (χ4v) is 2.44. The molecule has 0 spiro atoms. The molecule has 1 atom stereocenters. The summed E-state index contributed by atoms with van der Waals surface area (Å²) >= 11 is 1.72. The van der Waals surface area contributed by atoms with E-state index >= 15 is 0 Å². The van der Waals surface area contributed by atoms with E-state index in [1.54, 1.807) is 11.8 Å². The number of hydrogen-bond acceptors (Lipinski definition) is 3. The molecule has 0 fully saturated rings. The molecule has 3 N–H and O–H groups in total. The third-order valence-electron chi connectivity index (χ3n) is 2.68. The minimum Gasteiger partial charge on any atom is -0.508 e. The highest BCUT2D eigenvalue weighted by Crippen LogP contribution is 2.33. The van der Waals surface area contributed by atoms with Crippen LogP contribution in [0.2, 0.25) is 0 Å². The van der Waals surface area contributed by atoms with Crippen LogP contribution >= 0.6 is 11.8 Å². The summed E-state index contributed by atoms with van der Waals surface area (Å²) in [4.78, 5) is 1.24. The van der Waals surface area contributed by atoms with Gasteiger partial charge in [0.2, 0.25) is 0 Å². The highest BCUT2D eigenvalue weighted by atomic mass is 32.2. The zero-order valence-electron chi connectivity index (χ0n) is 9.58. The van der Waals surface area contributed by atoms with Gasteiger partial charge < -0.3 is 10.8 Å². The van der Waals surface area contributed by atoms with Gasteiger partial charge in [-0.15, -0.1) is 11.8 Å². The summed E-state index contributed by atoms with van der Waals surface area (Å²) in [6, 6.07) is 3.92. The largest absolute Gasteiger partial charge is 0.508 e. The Morgan fingerprint density at radius 2 is 2.13 bits per heavy atom. The van der Waals surface area contributed by atoms with Crippen LogP contribution in [0, 0.1) is 6.92 Å². The summed E-state index contributed by atoms with van der Waals surface area (Å²) < 4.78 is 0. The van der Waals surface area contributed by atoms with Gasteiger partial charge in [-0.3, -0.25) is 0 Å². The number of aromatic hydroxyl groups is 1. The summed E-state index contributed by atoms with van der Waals surface area (Å²) in [5.41, 5.74) is 7.70. The van der Waals surface area contributed by atoms with Crippen LogP contribution in [0.5, 0.6) is 5.75 Å². The topological polar surface area (TPSA) is 46.2 Å². The predicted molar refractivity (Wildman–Crippen MR) is 66.7 cm³/mol. The van der Waals surface area contributed by atoms with Gasteiger partial charge in [0.05, 0.1) is 0 Å². The summed E-state index contributed by atoms with van der Waals surface area (Å²) in [5, 5.41) is 9.70. The van der Waals surface area contributed by atoms with Crippen molar-refractivity contribution in [1.82, 2.24) is 0 Å². The molecule has 0 radical (unpaired) electrons. The van der Waals surface area contributed by atoms with Gasteiger partial charge >= 0.3 is 0 Å². The maximum atomic E-state index is 9.70. The van der Waals surface area contributed by atoms with Crippen LogP contribution < -0.4 is 5.73 Å². The average Bonchev–Trinajstić information content (AvgIpc) is 2.21. The first-order valence-electron chi connectivity index (χ1n) is 5.17. The van der Waals surface area contributed by atoms with Crippen molar-refractivity contribution in [3.63, 3.8) is 0 Å². The molecule has 0 aliphatic carbocycles. The van der Waals surface area contributed by atoms with Crippen LogP contribution in [0.1, 0.15) is 30.4 Å². The maximum absolute atomic E-state index is 9.70. The van der Waals surface area contributed by atoms with Crippen molar-refractivity contribution in [2.24, 2.45) is 5.73 Å². The van der Waals surface area contributed by atoms with Gasteiger partial charge in [-0.2, -0.15) is 0 Å². The van der Waals surface area contributed by atoms with Crippen LogP contribution in [0.4, 0.5) is 0 Å². The lowest BCUT2D eigenvalue weighted by molar-refractivity contribution is 0.468. The van der Waals surface area contributed by atoms with E-state index in [0.717, 1.165) is 12.0 Å². The maximum Gasteiger partial charge on any atom is 0.118 e. The lowest BCUT2D eigenvalue weighted by Crippen LogP contribution is -2.05. The van der Waals surface area contributed by atoms with E-state index in [-0.39, 0.29) is 0 Å². The second kappa shape index (κ2) is 5.42. The number of phenols is 1. The Morgan fingerprint density at radius 1 is 1.47 bits per heavy atom. The second-order valence-electron chi connectivity index (χ2n) is 3.86. The number of rotatable bonds is 4. The fraction of sp³-hybridized carbons (Fsp3) is 0.500. The van der Waals surface area contributed by atoms with E-state index < -0.39 is 0 Å². The molecular weight excluding hydrogens is 206 g/mol. The Hall–Kier alpha value is -0.670. The van der Waals surface area contributed by atoms with E-state index in [0.29, 0.717) is 18.2 Å². The molecule has 0 aliphatic rings. The van der Waals surface area contributed by atoms with Crippen molar-refractivity contribution >= 4 is 11.8 Å². The number of thioether (sulfide) groups is 1. The van der Waals surface area contributed by atoms with Gasteiger partial charge in [0, 0.05) is 4.90 Å². The monoisotopic (exact) mass is 225 g/mol. The zero-order chi connectivity index (χ0) is 11.4. The quantitative estimate of drug-likeness (QED) is 0.775. The van der Waals surface area contributed by atoms with E-state index in [1.807, 2.05) is 19.1 Å². The first-order chi connectivity index (χ1) is 7.10. The molecule has 0 amide bonds. The summed E-state index contributed by atoms with van der Waals surface area (Å²) in [5.74, 6) is 0.788. The first kappa shape index (κ1) is 12.4. The van der Waals surface area contributed by atoms with Crippen molar-refractivity contribution in [3.05, 3.63) is 23.3 Å². The summed E-state index contributed by atoms with van der Waals surface area (Å²) in [6.45, 7) is 4.76. The van der Waals surface area contributed by atoms with Gasteiger partial charge in [0.15, 0.2) is 0 Å². The molecule has 0 aromatic heterocycles. The Labute approximate surface area is 95.9 Å². The molecule has 0 bridgehead atoms. The van der Waals surface area contributed by atoms with Crippen LogP contribution in [0.15, 0.2) is 17.0 Å². The van der Waals surface area contributed by atoms with Crippen molar-refractivity contribution in [2.75, 3.05) is 12.8 Å². The van der Waals surface area contributed by atoms with Crippen molar-refractivity contribution in [1.29, 1.82) is 0 Å². The molecular formula is C12H19NOS. The number of phenolic OH excluding ortho intramolecular Hbond substituents is 1. The van der Waals surface area contributed by atoms with Gasteiger partial charge in [0.1, 0.15) is 5.75 Å². The van der Waals surface area contributed by atoms with Crippen LogP contribution in [-0.4, -0.2) is 17.9 Å². The third-order valence-corrected chi connectivity index (χ3v) is 3.47. The van der Waals surface area contributed by atoms with E-state index in [2.05, 4.69) is 13.2 Å². The highest BCUT2D eigenvalue weighted by Gasteiger charge is 2.12. The minimum atomic E-state index is 0.381. The molecule has 1 rings (SSSR count). The second-order valence-corrected chi connectivity index (χ2v) is 4.71. The fourth-order valence-electron chi connectivity index (χ4n) is 1.65. The Kier molecular flexibility index (Phi) is 4.48. The molecule has 84 valence electrons. The Morgan fingerprint density at radius 3 is 2.67 bits per heavy atom. The molecule has 0 heterocycles. The summed E-state index contributed by atoms with van der Waals surface area (Å²) in [6.07, 6.45) is 3.01. The first-order valence-corrected chi connectivity index (χ1v) is 6.40. The van der Waals surface area contributed by atoms with E-state index in [9.17, 15) is 5.11 Å². The predicted octanol–water partition coefficient (Wildman–Crippen LogP) is 2.87. The summed E-state index contributed by atoms with van der Waals surface area (Å²) in [7, 11) is 0. The SMILES string of the molecule is CSc1cc(C)c(O)cc1C(C)CCN. The van der Waals surface area contributed by atoms with E-state index in [4.69, 9.17) is 5.73 Å². The molecule has 1 aromatic rings. The smallest absolute Gasteiger partial charge is 0.118 e. The van der Waals surface area contributed by atoms with Crippen molar-refractivity contribution in [3.8, 4) is 5.75 Å². The van der Waals surface area contributed by atoms with E-state index in [1.165, 1.54) is 10.5 Å². The van der Waals surface area contributed by atoms with Crippen molar-refractivity contribution in [2.45, 2.75) is 31.1 Å². The lowest BCUT2D eigenvalue weighted by atomic mass is 9.96. The number of hydrogen-bond donors (Lipinski definition) is 2. The normalized spacial score (nSPS) is 12.8. The molecule has 15 heavy (non-hydrogen) atoms. The zero-order valence-corrected chi connectivity index (χ0v) is 10.4. The van der Waals surface area contributed by atoms with Crippen LogP contribution in [0.3, 0.4) is 0 Å². The minimum absolute atomic E-state index is 0.381.